The predicted octanol–water partition coefficient (Wildman–Crippen LogP) is 3.55. The van der Waals surface area contributed by atoms with E-state index in [-0.39, 0.29) is 0 Å². The molecule has 0 atom stereocenters. The fraction of sp³-hybridized carbons (Fsp3) is 0.353. The third-order valence-corrected chi connectivity index (χ3v) is 3.57. The van der Waals surface area contributed by atoms with Gasteiger partial charge in [0.15, 0.2) is 11.2 Å². The number of nitrogens with zero attached hydrogens (tertiary/aromatic N) is 4. The van der Waals surface area contributed by atoms with Gasteiger partial charge < -0.3 is 9.30 Å². The van der Waals surface area contributed by atoms with Gasteiger partial charge in [0.1, 0.15) is 18.8 Å². The summed E-state index contributed by atoms with van der Waals surface area (Å²) in [6, 6.07) is 10.3. The number of fused-ring (bicyclic) bond motifs is 1. The average Bonchev–Trinajstić information content (AvgIpc) is 2.93. The van der Waals surface area contributed by atoms with E-state index in [0.29, 0.717) is 18.5 Å². The van der Waals surface area contributed by atoms with Crippen molar-refractivity contribution in [2.45, 2.75) is 39.8 Å². The first-order valence-corrected chi connectivity index (χ1v) is 7.59. The minimum atomic E-state index is 0.303. The Balaban J connectivity index is 1.97. The Morgan fingerprint density at radius 3 is 2.59 bits per heavy atom. The molecule has 0 unspecified atom stereocenters. The van der Waals surface area contributed by atoms with Crippen molar-refractivity contribution in [3.8, 4) is 5.88 Å². The lowest BCUT2D eigenvalue weighted by atomic mass is 10.2. The second-order valence-electron chi connectivity index (χ2n) is 5.47. The van der Waals surface area contributed by atoms with E-state index in [4.69, 9.17) is 4.74 Å². The summed E-state index contributed by atoms with van der Waals surface area (Å²) in [6.07, 6.45) is 2.40. The Labute approximate surface area is 130 Å². The van der Waals surface area contributed by atoms with E-state index in [1.807, 2.05) is 30.3 Å². The van der Waals surface area contributed by atoms with Crippen LogP contribution in [0.25, 0.3) is 11.2 Å². The lowest BCUT2D eigenvalue weighted by Crippen LogP contribution is -2.06. The quantitative estimate of drug-likeness (QED) is 0.722. The summed E-state index contributed by atoms with van der Waals surface area (Å²) in [6.45, 7) is 6.83. The van der Waals surface area contributed by atoms with Crippen LogP contribution in [0.5, 0.6) is 5.88 Å². The van der Waals surface area contributed by atoms with E-state index >= 15 is 0 Å². The topological polar surface area (TPSA) is 52.8 Å². The van der Waals surface area contributed by atoms with Gasteiger partial charge in [-0.3, -0.25) is 0 Å². The third kappa shape index (κ3) is 2.66. The Bertz CT molecular complexity index is 765. The minimum absolute atomic E-state index is 0.303. The van der Waals surface area contributed by atoms with Crippen LogP contribution in [0.3, 0.4) is 0 Å². The van der Waals surface area contributed by atoms with Gasteiger partial charge in [0.05, 0.1) is 0 Å². The van der Waals surface area contributed by atoms with Crippen LogP contribution in [0.15, 0.2) is 36.7 Å². The molecule has 0 radical (unpaired) electrons. The van der Waals surface area contributed by atoms with Crippen LogP contribution >= 0.6 is 0 Å². The molecule has 0 aliphatic carbocycles. The van der Waals surface area contributed by atoms with Crippen molar-refractivity contribution < 1.29 is 4.74 Å². The first-order chi connectivity index (χ1) is 10.7. The molecule has 5 nitrogen and oxygen atoms in total. The van der Waals surface area contributed by atoms with Crippen LogP contribution in [0.4, 0.5) is 0 Å². The second kappa shape index (κ2) is 6.13. The van der Waals surface area contributed by atoms with Crippen molar-refractivity contribution in [1.82, 2.24) is 19.5 Å². The highest BCUT2D eigenvalue weighted by Gasteiger charge is 2.17. The number of rotatable bonds is 5. The predicted molar refractivity (Wildman–Crippen MR) is 85.9 cm³/mol. The largest absolute Gasteiger partial charge is 0.471 e. The molecule has 0 bridgehead atoms. The zero-order valence-corrected chi connectivity index (χ0v) is 13.2. The maximum absolute atomic E-state index is 5.87. The van der Waals surface area contributed by atoms with E-state index in [0.717, 1.165) is 29.0 Å². The molecular formula is C17H20N4O. The molecule has 0 saturated carbocycles. The molecule has 0 aliphatic rings. The number of ether oxygens (including phenoxy) is 1. The summed E-state index contributed by atoms with van der Waals surface area (Å²) in [5.41, 5.74) is 2.68. The Kier molecular flexibility index (Phi) is 4.04. The van der Waals surface area contributed by atoms with Gasteiger partial charge in [-0.2, -0.15) is 4.98 Å². The van der Waals surface area contributed by atoms with Crippen molar-refractivity contribution >= 4 is 11.2 Å². The highest BCUT2D eigenvalue weighted by molar-refractivity contribution is 5.76. The number of benzene rings is 1. The van der Waals surface area contributed by atoms with Gasteiger partial charge >= 0.3 is 0 Å². The Morgan fingerprint density at radius 1 is 1.14 bits per heavy atom. The molecule has 1 aromatic carbocycles. The van der Waals surface area contributed by atoms with Gasteiger partial charge in [0.2, 0.25) is 5.88 Å². The highest BCUT2D eigenvalue weighted by atomic mass is 16.5. The molecule has 0 amide bonds. The van der Waals surface area contributed by atoms with E-state index < -0.39 is 0 Å². The van der Waals surface area contributed by atoms with Crippen LogP contribution in [0.1, 0.15) is 38.2 Å². The second-order valence-corrected chi connectivity index (χ2v) is 5.47. The molecule has 0 spiro atoms. The normalized spacial score (nSPS) is 11.3. The zero-order valence-electron chi connectivity index (χ0n) is 13.2. The Hall–Kier alpha value is -2.43. The maximum Gasteiger partial charge on any atom is 0.245 e. The van der Waals surface area contributed by atoms with Crippen LogP contribution in [-0.2, 0) is 13.0 Å². The summed E-state index contributed by atoms with van der Waals surface area (Å²) in [4.78, 5) is 13.3. The van der Waals surface area contributed by atoms with Gasteiger partial charge in [-0.15, -0.1) is 0 Å². The van der Waals surface area contributed by atoms with Crippen LogP contribution in [-0.4, -0.2) is 19.5 Å². The molecule has 3 rings (SSSR count). The monoisotopic (exact) mass is 296 g/mol. The highest BCUT2D eigenvalue weighted by Crippen LogP contribution is 2.25. The molecule has 114 valence electrons. The van der Waals surface area contributed by atoms with Crippen molar-refractivity contribution in [1.29, 1.82) is 0 Å². The summed E-state index contributed by atoms with van der Waals surface area (Å²) >= 11 is 0. The van der Waals surface area contributed by atoms with Gasteiger partial charge in [0, 0.05) is 12.5 Å². The number of hydrogen-bond acceptors (Lipinski definition) is 4. The molecular weight excluding hydrogens is 276 g/mol. The fourth-order valence-electron chi connectivity index (χ4n) is 2.56. The molecule has 5 heteroatoms. The van der Waals surface area contributed by atoms with Crippen molar-refractivity contribution in [3.05, 3.63) is 48.0 Å². The molecule has 2 aromatic heterocycles. The van der Waals surface area contributed by atoms with Crippen molar-refractivity contribution in [2.75, 3.05) is 0 Å². The number of hydrogen-bond donors (Lipinski definition) is 0. The smallest absolute Gasteiger partial charge is 0.245 e. The minimum Gasteiger partial charge on any atom is -0.471 e. The van der Waals surface area contributed by atoms with E-state index in [2.05, 4.69) is 40.3 Å². The summed E-state index contributed by atoms with van der Waals surface area (Å²) in [5.74, 6) is 1.55. The first-order valence-electron chi connectivity index (χ1n) is 7.59. The molecule has 3 aromatic rings. The van der Waals surface area contributed by atoms with Crippen molar-refractivity contribution in [2.24, 2.45) is 0 Å². The maximum atomic E-state index is 5.87. The fourth-order valence-corrected chi connectivity index (χ4v) is 2.56. The molecule has 0 aliphatic heterocycles. The van der Waals surface area contributed by atoms with Crippen LogP contribution in [0, 0.1) is 0 Å². The van der Waals surface area contributed by atoms with Crippen LogP contribution in [0.2, 0.25) is 0 Å². The zero-order chi connectivity index (χ0) is 15.5. The van der Waals surface area contributed by atoms with Crippen LogP contribution < -0.4 is 4.74 Å². The summed E-state index contributed by atoms with van der Waals surface area (Å²) < 4.78 is 8.02. The van der Waals surface area contributed by atoms with E-state index in [1.54, 1.807) is 6.33 Å². The average molecular weight is 296 g/mol. The van der Waals surface area contributed by atoms with Gasteiger partial charge in [-0.1, -0.05) is 37.3 Å². The number of imidazole rings is 1. The lowest BCUT2D eigenvalue weighted by Gasteiger charge is -2.11. The third-order valence-electron chi connectivity index (χ3n) is 3.57. The molecule has 0 fully saturated rings. The number of aromatic nitrogens is 4. The van der Waals surface area contributed by atoms with Gasteiger partial charge in [0.25, 0.3) is 0 Å². The molecule has 0 saturated heterocycles. The lowest BCUT2D eigenvalue weighted by molar-refractivity contribution is 0.297. The first kappa shape index (κ1) is 14.5. The van der Waals surface area contributed by atoms with E-state index in [9.17, 15) is 0 Å². The van der Waals surface area contributed by atoms with Crippen molar-refractivity contribution in [3.63, 3.8) is 0 Å². The molecule has 2 heterocycles. The molecule has 0 N–H and O–H groups in total. The SMILES string of the molecule is CCc1nc2c(OCc3ccccc3)ncnc2n1C(C)C. The Morgan fingerprint density at radius 2 is 1.91 bits per heavy atom. The standard InChI is InChI=1S/C17H20N4O/c1-4-14-20-15-16(21(14)12(2)3)18-11-19-17(15)22-10-13-8-6-5-7-9-13/h5-9,11-12H,4,10H2,1-3H3. The summed E-state index contributed by atoms with van der Waals surface area (Å²) in [5, 5.41) is 0. The van der Waals surface area contributed by atoms with Gasteiger partial charge in [-0.05, 0) is 19.4 Å². The molecule has 22 heavy (non-hydrogen) atoms. The summed E-state index contributed by atoms with van der Waals surface area (Å²) in [7, 11) is 0. The van der Waals surface area contributed by atoms with Gasteiger partial charge in [-0.25, -0.2) is 9.97 Å². The van der Waals surface area contributed by atoms with E-state index in [1.165, 1.54) is 0 Å². The number of aryl methyl sites for hydroxylation is 1.